The minimum absolute atomic E-state index is 0.253. The summed E-state index contributed by atoms with van der Waals surface area (Å²) in [6, 6.07) is 8.01. The summed E-state index contributed by atoms with van der Waals surface area (Å²) >= 11 is 1.38. The average molecular weight is 300 g/mol. The third-order valence-corrected chi connectivity index (χ3v) is 4.04. The van der Waals surface area contributed by atoms with E-state index >= 15 is 0 Å². The first-order valence-electron chi connectivity index (χ1n) is 6.72. The monoisotopic (exact) mass is 300 g/mol. The van der Waals surface area contributed by atoms with Crippen LogP contribution in [-0.4, -0.2) is 15.1 Å². The summed E-state index contributed by atoms with van der Waals surface area (Å²) in [6.45, 7) is 6.17. The lowest BCUT2D eigenvalue weighted by atomic mass is 10.1. The summed E-state index contributed by atoms with van der Waals surface area (Å²) in [7, 11) is 0. The zero-order valence-electron chi connectivity index (χ0n) is 12.1. The molecule has 2 N–H and O–H groups in total. The number of nitrogens with zero attached hydrogens (tertiary/aromatic N) is 3. The Balaban J connectivity index is 2.00. The number of rotatable bonds is 3. The summed E-state index contributed by atoms with van der Waals surface area (Å²) in [6.07, 6.45) is 0. The van der Waals surface area contributed by atoms with Gasteiger partial charge in [0.2, 0.25) is 5.82 Å². The minimum Gasteiger partial charge on any atom is -0.375 e. The summed E-state index contributed by atoms with van der Waals surface area (Å²) in [4.78, 5) is 9.68. The lowest BCUT2D eigenvalue weighted by molar-refractivity contribution is 0.432. The Hall–Kier alpha value is -2.21. The van der Waals surface area contributed by atoms with Gasteiger partial charge in [0, 0.05) is 5.56 Å². The molecule has 0 fully saturated rings. The van der Waals surface area contributed by atoms with Gasteiger partial charge in [-0.1, -0.05) is 60.2 Å². The molecule has 6 heteroatoms. The van der Waals surface area contributed by atoms with Crippen molar-refractivity contribution in [2.24, 2.45) is 0 Å². The van der Waals surface area contributed by atoms with Crippen LogP contribution in [0, 0.1) is 6.92 Å². The van der Waals surface area contributed by atoms with Crippen LogP contribution in [0.2, 0.25) is 0 Å². The van der Waals surface area contributed by atoms with Gasteiger partial charge in [0.1, 0.15) is 4.88 Å². The van der Waals surface area contributed by atoms with Crippen LogP contribution in [0.25, 0.3) is 22.2 Å². The standard InChI is InChI=1S/C15H16N4OS/c1-8(2)11-12(21-15(16)17-11)14-18-13(19-20-14)10-6-4-9(3)5-7-10/h4-8H,1-3H3,(H2,16,17). The molecule has 0 aliphatic carbocycles. The number of anilines is 1. The number of aryl methyl sites for hydroxylation is 1. The minimum atomic E-state index is 0.253. The van der Waals surface area contributed by atoms with Gasteiger partial charge in [-0.05, 0) is 12.8 Å². The fourth-order valence-electron chi connectivity index (χ4n) is 2.03. The van der Waals surface area contributed by atoms with E-state index in [1.807, 2.05) is 31.2 Å². The predicted molar refractivity (Wildman–Crippen MR) is 84.1 cm³/mol. The second-order valence-electron chi connectivity index (χ2n) is 5.21. The van der Waals surface area contributed by atoms with Crippen LogP contribution in [-0.2, 0) is 0 Å². The lowest BCUT2D eigenvalue weighted by Crippen LogP contribution is -1.91. The largest absolute Gasteiger partial charge is 0.375 e. The molecule has 0 atom stereocenters. The number of thiazole rings is 1. The van der Waals surface area contributed by atoms with Crippen LogP contribution in [0.5, 0.6) is 0 Å². The Kier molecular flexibility index (Phi) is 3.47. The number of nitrogen functional groups attached to an aromatic ring is 1. The van der Waals surface area contributed by atoms with E-state index in [0.717, 1.165) is 16.1 Å². The highest BCUT2D eigenvalue weighted by atomic mass is 32.1. The Morgan fingerprint density at radius 2 is 1.86 bits per heavy atom. The Morgan fingerprint density at radius 3 is 2.52 bits per heavy atom. The second kappa shape index (κ2) is 5.29. The van der Waals surface area contributed by atoms with Crippen LogP contribution >= 0.6 is 11.3 Å². The summed E-state index contributed by atoms with van der Waals surface area (Å²) in [5, 5.41) is 4.57. The zero-order chi connectivity index (χ0) is 15.0. The van der Waals surface area contributed by atoms with Gasteiger partial charge >= 0.3 is 0 Å². The number of aromatic nitrogens is 3. The maximum absolute atomic E-state index is 5.81. The van der Waals surface area contributed by atoms with Crippen LogP contribution < -0.4 is 5.73 Å². The molecule has 0 saturated heterocycles. The molecule has 5 nitrogen and oxygen atoms in total. The van der Waals surface area contributed by atoms with E-state index in [-0.39, 0.29) is 5.92 Å². The maximum atomic E-state index is 5.81. The smallest absolute Gasteiger partial charge is 0.270 e. The molecule has 0 aliphatic heterocycles. The van der Waals surface area contributed by atoms with Gasteiger partial charge in [-0.25, -0.2) is 4.98 Å². The van der Waals surface area contributed by atoms with Crippen molar-refractivity contribution < 1.29 is 4.52 Å². The molecule has 21 heavy (non-hydrogen) atoms. The number of hydrogen-bond donors (Lipinski definition) is 1. The Morgan fingerprint density at radius 1 is 1.14 bits per heavy atom. The van der Waals surface area contributed by atoms with Gasteiger partial charge in [0.25, 0.3) is 5.89 Å². The van der Waals surface area contributed by atoms with Gasteiger partial charge in [-0.3, -0.25) is 0 Å². The first-order valence-corrected chi connectivity index (χ1v) is 7.53. The predicted octanol–water partition coefficient (Wildman–Crippen LogP) is 3.87. The van der Waals surface area contributed by atoms with Crippen molar-refractivity contribution in [2.75, 3.05) is 5.73 Å². The molecule has 0 amide bonds. The normalized spacial score (nSPS) is 11.2. The summed E-state index contributed by atoms with van der Waals surface area (Å²) in [5.74, 6) is 1.30. The fraction of sp³-hybridized carbons (Fsp3) is 0.267. The molecular weight excluding hydrogens is 284 g/mol. The molecule has 1 aromatic carbocycles. The molecule has 2 aromatic heterocycles. The van der Waals surface area contributed by atoms with Crippen molar-refractivity contribution in [1.29, 1.82) is 0 Å². The first kappa shape index (κ1) is 13.8. The Bertz CT molecular complexity index is 758. The van der Waals surface area contributed by atoms with Gasteiger partial charge < -0.3 is 10.3 Å². The average Bonchev–Trinajstić information content (AvgIpc) is 3.06. The molecule has 108 valence electrons. The number of hydrogen-bond acceptors (Lipinski definition) is 6. The summed E-state index contributed by atoms with van der Waals surface area (Å²) in [5.41, 5.74) is 8.83. The molecule has 0 saturated carbocycles. The molecule has 3 aromatic rings. The van der Waals surface area contributed by atoms with Crippen molar-refractivity contribution in [3.8, 4) is 22.2 Å². The first-order chi connectivity index (χ1) is 10.0. The van der Waals surface area contributed by atoms with E-state index in [1.165, 1.54) is 16.9 Å². The highest BCUT2D eigenvalue weighted by Gasteiger charge is 2.20. The molecule has 0 bridgehead atoms. The lowest BCUT2D eigenvalue weighted by Gasteiger charge is -2.00. The van der Waals surface area contributed by atoms with Crippen molar-refractivity contribution in [3.05, 3.63) is 35.5 Å². The van der Waals surface area contributed by atoms with Gasteiger partial charge in [0.15, 0.2) is 5.13 Å². The van der Waals surface area contributed by atoms with Crippen LogP contribution in [0.15, 0.2) is 28.8 Å². The molecular formula is C15H16N4OS. The Labute approximate surface area is 126 Å². The highest BCUT2D eigenvalue weighted by Crippen LogP contribution is 2.35. The van der Waals surface area contributed by atoms with E-state index in [9.17, 15) is 0 Å². The van der Waals surface area contributed by atoms with Crippen molar-refractivity contribution in [2.45, 2.75) is 26.7 Å². The van der Waals surface area contributed by atoms with E-state index in [4.69, 9.17) is 10.3 Å². The van der Waals surface area contributed by atoms with Crippen molar-refractivity contribution in [1.82, 2.24) is 15.1 Å². The van der Waals surface area contributed by atoms with E-state index in [0.29, 0.717) is 16.8 Å². The molecule has 0 unspecified atom stereocenters. The van der Waals surface area contributed by atoms with Crippen molar-refractivity contribution in [3.63, 3.8) is 0 Å². The van der Waals surface area contributed by atoms with Crippen LogP contribution in [0.3, 0.4) is 0 Å². The third-order valence-electron chi connectivity index (χ3n) is 3.15. The highest BCUT2D eigenvalue weighted by molar-refractivity contribution is 7.18. The molecule has 0 spiro atoms. The third kappa shape index (κ3) is 2.67. The fourth-order valence-corrected chi connectivity index (χ4v) is 2.94. The quantitative estimate of drug-likeness (QED) is 0.794. The second-order valence-corrected chi connectivity index (χ2v) is 6.24. The maximum Gasteiger partial charge on any atom is 0.270 e. The van der Waals surface area contributed by atoms with Gasteiger partial charge in [0.05, 0.1) is 5.69 Å². The van der Waals surface area contributed by atoms with Gasteiger partial charge in [-0.2, -0.15) is 4.98 Å². The summed E-state index contributed by atoms with van der Waals surface area (Å²) < 4.78 is 5.39. The number of nitrogens with two attached hydrogens (primary N) is 1. The van der Waals surface area contributed by atoms with Gasteiger partial charge in [-0.15, -0.1) is 0 Å². The number of benzene rings is 1. The van der Waals surface area contributed by atoms with E-state index in [2.05, 4.69) is 29.0 Å². The molecule has 0 aliphatic rings. The van der Waals surface area contributed by atoms with Crippen LogP contribution in [0.4, 0.5) is 5.13 Å². The molecule has 3 rings (SSSR count). The molecule has 0 radical (unpaired) electrons. The van der Waals surface area contributed by atoms with Crippen LogP contribution in [0.1, 0.15) is 31.0 Å². The van der Waals surface area contributed by atoms with E-state index < -0.39 is 0 Å². The zero-order valence-corrected chi connectivity index (χ0v) is 12.9. The molecule has 2 heterocycles. The van der Waals surface area contributed by atoms with E-state index in [1.54, 1.807) is 0 Å². The SMILES string of the molecule is Cc1ccc(-c2noc(-c3sc(N)nc3C(C)C)n2)cc1. The van der Waals surface area contributed by atoms with Crippen molar-refractivity contribution >= 4 is 16.5 Å². The topological polar surface area (TPSA) is 77.8 Å².